The van der Waals surface area contributed by atoms with Gasteiger partial charge in [-0.3, -0.25) is 4.79 Å². The molecule has 88 valence electrons. The molecule has 16 heavy (non-hydrogen) atoms. The molecule has 0 fully saturated rings. The second-order valence-electron chi connectivity index (χ2n) is 3.74. The predicted octanol–water partition coefficient (Wildman–Crippen LogP) is 1.81. The largest absolute Gasteiger partial charge is 0.497 e. The molecule has 1 rings (SSSR count). The molecule has 0 bridgehead atoms. The number of anilines is 1. The van der Waals surface area contributed by atoms with E-state index in [4.69, 9.17) is 10.5 Å². The standard InChI is InChI=1S/C12H18N2O2/c1-4-8(2)14-12(15)10-6-5-9(16-3)7-11(10)13/h5-8H,4,13H2,1-3H3,(H,14,15). The summed E-state index contributed by atoms with van der Waals surface area (Å²) in [4.78, 5) is 11.8. The summed E-state index contributed by atoms with van der Waals surface area (Å²) in [6.45, 7) is 3.97. The van der Waals surface area contributed by atoms with Gasteiger partial charge in [0.1, 0.15) is 5.75 Å². The van der Waals surface area contributed by atoms with Crippen molar-refractivity contribution in [3.8, 4) is 5.75 Å². The Bertz CT molecular complexity index is 377. The Morgan fingerprint density at radius 3 is 2.75 bits per heavy atom. The quantitative estimate of drug-likeness (QED) is 0.763. The topological polar surface area (TPSA) is 64.3 Å². The highest BCUT2D eigenvalue weighted by atomic mass is 16.5. The highest BCUT2D eigenvalue weighted by Gasteiger charge is 2.12. The van der Waals surface area contributed by atoms with Crippen molar-refractivity contribution in [2.75, 3.05) is 12.8 Å². The van der Waals surface area contributed by atoms with Gasteiger partial charge in [0, 0.05) is 17.8 Å². The number of hydrogen-bond donors (Lipinski definition) is 2. The third-order valence-corrected chi connectivity index (χ3v) is 2.49. The number of nitrogen functional groups attached to an aromatic ring is 1. The molecule has 0 aromatic heterocycles. The Kier molecular flexibility index (Phi) is 4.17. The third-order valence-electron chi connectivity index (χ3n) is 2.49. The minimum Gasteiger partial charge on any atom is -0.497 e. The van der Waals surface area contributed by atoms with E-state index in [2.05, 4.69) is 5.32 Å². The number of nitrogens with one attached hydrogen (secondary N) is 1. The molecule has 0 aliphatic heterocycles. The zero-order chi connectivity index (χ0) is 12.1. The molecule has 1 amide bonds. The highest BCUT2D eigenvalue weighted by molar-refractivity contribution is 5.99. The fourth-order valence-corrected chi connectivity index (χ4v) is 1.28. The van der Waals surface area contributed by atoms with E-state index in [0.29, 0.717) is 17.0 Å². The van der Waals surface area contributed by atoms with Crippen molar-refractivity contribution in [2.45, 2.75) is 26.3 Å². The summed E-state index contributed by atoms with van der Waals surface area (Å²) in [7, 11) is 1.56. The van der Waals surface area contributed by atoms with Gasteiger partial charge in [-0.1, -0.05) is 6.92 Å². The van der Waals surface area contributed by atoms with Crippen LogP contribution >= 0.6 is 0 Å². The number of rotatable bonds is 4. The molecule has 0 spiro atoms. The number of methoxy groups -OCH3 is 1. The van der Waals surface area contributed by atoms with Crippen LogP contribution in [0.3, 0.4) is 0 Å². The number of nitrogens with two attached hydrogens (primary N) is 1. The molecular formula is C12H18N2O2. The lowest BCUT2D eigenvalue weighted by molar-refractivity contribution is 0.0940. The maximum atomic E-state index is 11.8. The first-order valence-corrected chi connectivity index (χ1v) is 5.32. The summed E-state index contributed by atoms with van der Waals surface area (Å²) < 4.78 is 5.02. The SMILES string of the molecule is CCC(C)NC(=O)c1ccc(OC)cc1N. The fourth-order valence-electron chi connectivity index (χ4n) is 1.28. The van der Waals surface area contributed by atoms with E-state index >= 15 is 0 Å². The van der Waals surface area contributed by atoms with Gasteiger partial charge in [0.25, 0.3) is 5.91 Å². The molecule has 1 unspecified atom stereocenters. The molecule has 0 aliphatic carbocycles. The maximum absolute atomic E-state index is 11.8. The monoisotopic (exact) mass is 222 g/mol. The molecule has 0 heterocycles. The van der Waals surface area contributed by atoms with Crippen molar-refractivity contribution < 1.29 is 9.53 Å². The Balaban J connectivity index is 2.84. The predicted molar refractivity (Wildman–Crippen MR) is 64.6 cm³/mol. The first-order valence-electron chi connectivity index (χ1n) is 5.32. The molecule has 4 heteroatoms. The van der Waals surface area contributed by atoms with Crippen LogP contribution in [0.5, 0.6) is 5.75 Å². The van der Waals surface area contributed by atoms with Gasteiger partial charge in [-0.25, -0.2) is 0 Å². The summed E-state index contributed by atoms with van der Waals surface area (Å²) in [5.74, 6) is 0.507. The van der Waals surface area contributed by atoms with Crippen molar-refractivity contribution in [1.29, 1.82) is 0 Å². The third kappa shape index (κ3) is 2.89. The van der Waals surface area contributed by atoms with E-state index in [1.165, 1.54) is 0 Å². The highest BCUT2D eigenvalue weighted by Crippen LogP contribution is 2.19. The number of amides is 1. The fraction of sp³-hybridized carbons (Fsp3) is 0.417. The minimum atomic E-state index is -0.144. The molecule has 0 saturated carbocycles. The van der Waals surface area contributed by atoms with E-state index in [-0.39, 0.29) is 11.9 Å². The summed E-state index contributed by atoms with van der Waals surface area (Å²) in [6, 6.07) is 5.19. The van der Waals surface area contributed by atoms with Crippen molar-refractivity contribution in [1.82, 2.24) is 5.32 Å². The molecule has 0 radical (unpaired) electrons. The number of ether oxygens (including phenoxy) is 1. The second-order valence-corrected chi connectivity index (χ2v) is 3.74. The van der Waals surface area contributed by atoms with Gasteiger partial charge in [0.15, 0.2) is 0 Å². The molecule has 0 aliphatic rings. The summed E-state index contributed by atoms with van der Waals surface area (Å²) in [5, 5.41) is 2.86. The van der Waals surface area contributed by atoms with Crippen molar-refractivity contribution in [3.63, 3.8) is 0 Å². The lowest BCUT2D eigenvalue weighted by Crippen LogP contribution is -2.32. The number of carbonyl (C=O) groups is 1. The van der Waals surface area contributed by atoms with Crippen LogP contribution in [-0.2, 0) is 0 Å². The number of hydrogen-bond acceptors (Lipinski definition) is 3. The van der Waals surface area contributed by atoms with Gasteiger partial charge in [0.2, 0.25) is 0 Å². The molecule has 3 N–H and O–H groups in total. The summed E-state index contributed by atoms with van der Waals surface area (Å²) in [5.41, 5.74) is 6.69. The Morgan fingerprint density at radius 1 is 1.56 bits per heavy atom. The molecule has 1 atom stereocenters. The van der Waals surface area contributed by atoms with Gasteiger partial charge in [-0.05, 0) is 25.5 Å². The van der Waals surface area contributed by atoms with Crippen LogP contribution in [0.15, 0.2) is 18.2 Å². The van der Waals surface area contributed by atoms with E-state index in [1.807, 2.05) is 13.8 Å². The summed E-state index contributed by atoms with van der Waals surface area (Å²) in [6.07, 6.45) is 0.891. The van der Waals surface area contributed by atoms with Gasteiger partial charge in [-0.15, -0.1) is 0 Å². The van der Waals surface area contributed by atoms with Crippen LogP contribution in [0.4, 0.5) is 5.69 Å². The maximum Gasteiger partial charge on any atom is 0.253 e. The number of benzene rings is 1. The van der Waals surface area contributed by atoms with Crippen LogP contribution in [0, 0.1) is 0 Å². The van der Waals surface area contributed by atoms with Crippen LogP contribution in [0.25, 0.3) is 0 Å². The van der Waals surface area contributed by atoms with Crippen LogP contribution in [0.1, 0.15) is 30.6 Å². The van der Waals surface area contributed by atoms with Crippen LogP contribution in [0.2, 0.25) is 0 Å². The Labute approximate surface area is 95.8 Å². The number of carbonyl (C=O) groups excluding carboxylic acids is 1. The van der Waals surface area contributed by atoms with Gasteiger partial charge >= 0.3 is 0 Å². The zero-order valence-electron chi connectivity index (χ0n) is 9.91. The van der Waals surface area contributed by atoms with Crippen molar-refractivity contribution in [2.24, 2.45) is 0 Å². The van der Waals surface area contributed by atoms with Crippen molar-refractivity contribution in [3.05, 3.63) is 23.8 Å². The lowest BCUT2D eigenvalue weighted by atomic mass is 10.1. The van der Waals surface area contributed by atoms with Crippen LogP contribution in [-0.4, -0.2) is 19.1 Å². The lowest BCUT2D eigenvalue weighted by Gasteiger charge is -2.13. The van der Waals surface area contributed by atoms with E-state index in [9.17, 15) is 4.79 Å². The normalized spacial score (nSPS) is 11.9. The molecule has 1 aromatic rings. The van der Waals surface area contributed by atoms with E-state index in [1.54, 1.807) is 25.3 Å². The Morgan fingerprint density at radius 2 is 2.25 bits per heavy atom. The first kappa shape index (κ1) is 12.4. The molecule has 1 aromatic carbocycles. The van der Waals surface area contributed by atoms with E-state index in [0.717, 1.165) is 6.42 Å². The van der Waals surface area contributed by atoms with Gasteiger partial charge in [-0.2, -0.15) is 0 Å². The molecule has 0 saturated heterocycles. The second kappa shape index (κ2) is 5.39. The van der Waals surface area contributed by atoms with Gasteiger partial charge < -0.3 is 15.8 Å². The molecule has 4 nitrogen and oxygen atoms in total. The van der Waals surface area contributed by atoms with Gasteiger partial charge in [0.05, 0.1) is 12.7 Å². The average Bonchev–Trinajstić information content (AvgIpc) is 2.28. The Hall–Kier alpha value is -1.71. The smallest absolute Gasteiger partial charge is 0.253 e. The van der Waals surface area contributed by atoms with Crippen LogP contribution < -0.4 is 15.8 Å². The van der Waals surface area contributed by atoms with Crippen molar-refractivity contribution >= 4 is 11.6 Å². The summed E-state index contributed by atoms with van der Waals surface area (Å²) >= 11 is 0. The van der Waals surface area contributed by atoms with E-state index < -0.39 is 0 Å². The zero-order valence-corrected chi connectivity index (χ0v) is 9.91. The minimum absolute atomic E-state index is 0.144. The average molecular weight is 222 g/mol. The first-order chi connectivity index (χ1) is 7.58. The molecular weight excluding hydrogens is 204 g/mol.